The van der Waals surface area contributed by atoms with E-state index in [0.29, 0.717) is 5.25 Å². The van der Waals surface area contributed by atoms with E-state index in [0.717, 1.165) is 11.3 Å². The van der Waals surface area contributed by atoms with Gasteiger partial charge in [0.25, 0.3) is 0 Å². The van der Waals surface area contributed by atoms with Gasteiger partial charge >= 0.3 is 0 Å². The number of rotatable bonds is 2. The first-order valence-electron chi connectivity index (χ1n) is 6.01. The van der Waals surface area contributed by atoms with Gasteiger partial charge in [-0.2, -0.15) is 11.8 Å². The number of fused-ring (bicyclic) bond motifs is 1. The zero-order valence-electron chi connectivity index (χ0n) is 9.93. The van der Waals surface area contributed by atoms with Crippen molar-refractivity contribution in [3.05, 3.63) is 30.4 Å². The van der Waals surface area contributed by atoms with E-state index in [1.54, 1.807) is 7.11 Å². The van der Waals surface area contributed by atoms with Crippen molar-refractivity contribution in [1.82, 2.24) is 9.38 Å². The predicted molar refractivity (Wildman–Crippen MR) is 70.8 cm³/mol. The SMILES string of the molecule is COc1ccc2cnc(C3CCCCS3)n2c1. The summed E-state index contributed by atoms with van der Waals surface area (Å²) < 4.78 is 7.45. The van der Waals surface area contributed by atoms with Gasteiger partial charge in [-0.15, -0.1) is 0 Å². The molecule has 2 aromatic rings. The number of ether oxygens (including phenoxy) is 1. The van der Waals surface area contributed by atoms with Gasteiger partial charge in [0.1, 0.15) is 11.6 Å². The van der Waals surface area contributed by atoms with Crippen molar-refractivity contribution in [3.63, 3.8) is 0 Å². The molecule has 0 N–H and O–H groups in total. The molecular weight excluding hydrogens is 232 g/mol. The highest BCUT2D eigenvalue weighted by atomic mass is 32.2. The Morgan fingerprint density at radius 1 is 1.41 bits per heavy atom. The average Bonchev–Trinajstić information content (AvgIpc) is 2.82. The molecule has 3 rings (SSSR count). The Bertz CT molecular complexity index is 517. The van der Waals surface area contributed by atoms with E-state index in [1.807, 2.05) is 30.2 Å². The van der Waals surface area contributed by atoms with Crippen molar-refractivity contribution >= 4 is 17.3 Å². The quantitative estimate of drug-likeness (QED) is 0.815. The Kier molecular flexibility index (Phi) is 2.97. The van der Waals surface area contributed by atoms with Crippen LogP contribution < -0.4 is 4.74 Å². The molecule has 1 aliphatic heterocycles. The molecule has 1 atom stereocenters. The summed E-state index contributed by atoms with van der Waals surface area (Å²) in [7, 11) is 1.70. The van der Waals surface area contributed by atoms with Crippen molar-refractivity contribution < 1.29 is 4.74 Å². The van der Waals surface area contributed by atoms with Crippen LogP contribution in [0.1, 0.15) is 30.3 Å². The van der Waals surface area contributed by atoms with Gasteiger partial charge in [-0.25, -0.2) is 4.98 Å². The summed E-state index contributed by atoms with van der Waals surface area (Å²) in [5.41, 5.74) is 1.15. The van der Waals surface area contributed by atoms with Gasteiger partial charge in [0.2, 0.25) is 0 Å². The van der Waals surface area contributed by atoms with Crippen molar-refractivity contribution in [2.45, 2.75) is 24.5 Å². The highest BCUT2D eigenvalue weighted by Crippen LogP contribution is 2.37. The van der Waals surface area contributed by atoms with Crippen LogP contribution in [0, 0.1) is 0 Å². The molecule has 0 amide bonds. The Balaban J connectivity index is 2.02. The summed E-state index contributed by atoms with van der Waals surface area (Å²) in [5.74, 6) is 3.31. The molecule has 0 aromatic carbocycles. The largest absolute Gasteiger partial charge is 0.495 e. The Labute approximate surface area is 105 Å². The standard InChI is InChI=1S/C13H16N2OS/c1-16-11-6-5-10-8-14-13(15(10)9-11)12-4-2-3-7-17-12/h5-6,8-9,12H,2-4,7H2,1H3. The number of pyridine rings is 1. The van der Waals surface area contributed by atoms with Crippen molar-refractivity contribution in [2.75, 3.05) is 12.9 Å². The van der Waals surface area contributed by atoms with Crippen LogP contribution in [-0.4, -0.2) is 22.2 Å². The molecule has 3 heterocycles. The molecule has 4 heteroatoms. The third-order valence-corrected chi connectivity index (χ3v) is 4.61. The summed E-state index contributed by atoms with van der Waals surface area (Å²) in [6, 6.07) is 4.04. The smallest absolute Gasteiger partial charge is 0.135 e. The fraction of sp³-hybridized carbons (Fsp3) is 0.462. The molecule has 90 valence electrons. The van der Waals surface area contributed by atoms with Crippen LogP contribution in [0.2, 0.25) is 0 Å². The van der Waals surface area contributed by atoms with Gasteiger partial charge in [0.05, 0.1) is 30.3 Å². The van der Waals surface area contributed by atoms with E-state index in [4.69, 9.17) is 4.74 Å². The molecule has 0 bridgehead atoms. The van der Waals surface area contributed by atoms with Crippen LogP contribution >= 0.6 is 11.8 Å². The van der Waals surface area contributed by atoms with Gasteiger partial charge in [0, 0.05) is 0 Å². The summed E-state index contributed by atoms with van der Waals surface area (Å²) in [5, 5.41) is 0.540. The third kappa shape index (κ3) is 2.02. The van der Waals surface area contributed by atoms with E-state index in [2.05, 4.69) is 15.5 Å². The van der Waals surface area contributed by atoms with Gasteiger partial charge in [-0.1, -0.05) is 6.42 Å². The van der Waals surface area contributed by atoms with Crippen LogP contribution in [0.25, 0.3) is 5.52 Å². The first kappa shape index (κ1) is 11.0. The Morgan fingerprint density at radius 2 is 2.35 bits per heavy atom. The van der Waals surface area contributed by atoms with Gasteiger partial charge in [-0.05, 0) is 30.7 Å². The fourth-order valence-corrected chi connectivity index (χ4v) is 3.61. The molecule has 17 heavy (non-hydrogen) atoms. The molecular formula is C13H16N2OS. The maximum absolute atomic E-state index is 5.28. The van der Waals surface area contributed by atoms with Crippen molar-refractivity contribution in [2.24, 2.45) is 0 Å². The second-order valence-corrected chi connectivity index (χ2v) is 5.65. The molecule has 1 saturated heterocycles. The lowest BCUT2D eigenvalue weighted by Crippen LogP contribution is -2.06. The van der Waals surface area contributed by atoms with Gasteiger partial charge < -0.3 is 4.74 Å². The molecule has 0 saturated carbocycles. The zero-order chi connectivity index (χ0) is 11.7. The predicted octanol–water partition coefficient (Wildman–Crippen LogP) is 3.30. The van der Waals surface area contributed by atoms with Crippen LogP contribution in [0.5, 0.6) is 5.75 Å². The van der Waals surface area contributed by atoms with Crippen LogP contribution in [0.3, 0.4) is 0 Å². The molecule has 2 aromatic heterocycles. The third-order valence-electron chi connectivity index (χ3n) is 3.23. The summed E-state index contributed by atoms with van der Waals surface area (Å²) in [6.45, 7) is 0. The van der Waals surface area contributed by atoms with E-state index < -0.39 is 0 Å². The molecule has 0 aliphatic carbocycles. The number of hydrogen-bond acceptors (Lipinski definition) is 3. The summed E-state index contributed by atoms with van der Waals surface area (Å²) in [4.78, 5) is 4.58. The van der Waals surface area contributed by atoms with Crippen LogP contribution in [-0.2, 0) is 0 Å². The fourth-order valence-electron chi connectivity index (χ4n) is 2.29. The van der Waals surface area contributed by atoms with E-state index in [1.165, 1.54) is 30.8 Å². The highest BCUT2D eigenvalue weighted by Gasteiger charge is 2.20. The Morgan fingerprint density at radius 3 is 3.12 bits per heavy atom. The lowest BCUT2D eigenvalue weighted by Gasteiger charge is -2.20. The maximum Gasteiger partial charge on any atom is 0.135 e. The number of nitrogens with zero attached hydrogens (tertiary/aromatic N) is 2. The highest BCUT2D eigenvalue weighted by molar-refractivity contribution is 7.99. The van der Waals surface area contributed by atoms with Crippen LogP contribution in [0.4, 0.5) is 0 Å². The minimum atomic E-state index is 0.540. The molecule has 1 unspecified atom stereocenters. The minimum Gasteiger partial charge on any atom is -0.495 e. The lowest BCUT2D eigenvalue weighted by atomic mass is 10.2. The molecule has 3 nitrogen and oxygen atoms in total. The second kappa shape index (κ2) is 4.61. The van der Waals surface area contributed by atoms with Crippen molar-refractivity contribution in [3.8, 4) is 5.75 Å². The Hall–Kier alpha value is -1.16. The molecule has 0 radical (unpaired) electrons. The maximum atomic E-state index is 5.28. The molecule has 0 spiro atoms. The van der Waals surface area contributed by atoms with Gasteiger partial charge in [-0.3, -0.25) is 4.40 Å². The minimum absolute atomic E-state index is 0.540. The van der Waals surface area contributed by atoms with E-state index in [9.17, 15) is 0 Å². The number of methoxy groups -OCH3 is 1. The summed E-state index contributed by atoms with van der Waals surface area (Å²) in [6.07, 6.45) is 7.88. The number of imidazole rings is 1. The summed E-state index contributed by atoms with van der Waals surface area (Å²) >= 11 is 2.03. The zero-order valence-corrected chi connectivity index (χ0v) is 10.7. The molecule has 1 aliphatic rings. The van der Waals surface area contributed by atoms with E-state index >= 15 is 0 Å². The normalized spacial score (nSPS) is 20.6. The van der Waals surface area contributed by atoms with Crippen LogP contribution in [0.15, 0.2) is 24.5 Å². The first-order valence-corrected chi connectivity index (χ1v) is 7.06. The first-order chi connectivity index (χ1) is 8.38. The average molecular weight is 248 g/mol. The second-order valence-electron chi connectivity index (χ2n) is 4.34. The lowest BCUT2D eigenvalue weighted by molar-refractivity contribution is 0.412. The monoisotopic (exact) mass is 248 g/mol. The number of thioether (sulfide) groups is 1. The number of hydrogen-bond donors (Lipinski definition) is 0. The molecule has 1 fully saturated rings. The topological polar surface area (TPSA) is 26.5 Å². The number of aromatic nitrogens is 2. The van der Waals surface area contributed by atoms with Gasteiger partial charge in [0.15, 0.2) is 0 Å². The van der Waals surface area contributed by atoms with E-state index in [-0.39, 0.29) is 0 Å². The van der Waals surface area contributed by atoms with Crippen molar-refractivity contribution in [1.29, 1.82) is 0 Å².